The molecule has 1 atom stereocenters. The number of amides is 2. The van der Waals surface area contributed by atoms with Crippen LogP contribution >= 0.6 is 0 Å². The van der Waals surface area contributed by atoms with E-state index in [9.17, 15) is 18.0 Å². The van der Waals surface area contributed by atoms with Gasteiger partial charge in [0.25, 0.3) is 0 Å². The summed E-state index contributed by atoms with van der Waals surface area (Å²) in [4.78, 5) is 25.3. The molecule has 0 bridgehead atoms. The summed E-state index contributed by atoms with van der Waals surface area (Å²) in [6.07, 6.45) is 1.19. The Kier molecular flexibility index (Phi) is 8.53. The monoisotopic (exact) mass is 539 g/mol. The van der Waals surface area contributed by atoms with Crippen LogP contribution in [0.25, 0.3) is 10.8 Å². The summed E-state index contributed by atoms with van der Waals surface area (Å²) >= 11 is 0. The van der Waals surface area contributed by atoms with E-state index in [1.54, 1.807) is 44.6 Å². The molecule has 1 aliphatic heterocycles. The Morgan fingerprint density at radius 2 is 1.58 bits per heavy atom. The van der Waals surface area contributed by atoms with Crippen molar-refractivity contribution < 1.29 is 27.5 Å². The van der Waals surface area contributed by atoms with Crippen molar-refractivity contribution in [3.8, 4) is 11.5 Å². The van der Waals surface area contributed by atoms with Gasteiger partial charge in [0.15, 0.2) is 0 Å². The van der Waals surface area contributed by atoms with Gasteiger partial charge < -0.3 is 20.1 Å². The lowest BCUT2D eigenvalue weighted by atomic mass is 10.0. The molecule has 1 aliphatic rings. The number of hydrogen-bond donors (Lipinski definition) is 2. The molecule has 0 spiro atoms. The molecule has 202 valence electrons. The van der Waals surface area contributed by atoms with Crippen molar-refractivity contribution >= 4 is 32.6 Å². The number of fused-ring (bicyclic) bond motifs is 1. The van der Waals surface area contributed by atoms with E-state index in [1.165, 1.54) is 11.2 Å². The maximum absolute atomic E-state index is 13.3. The fraction of sp³-hybridized carbons (Fsp3) is 0.357. The smallest absolute Gasteiger partial charge is 0.243 e. The number of sulfonamides is 1. The zero-order valence-corrected chi connectivity index (χ0v) is 22.6. The van der Waals surface area contributed by atoms with Gasteiger partial charge in [-0.2, -0.15) is 4.31 Å². The number of benzene rings is 3. The maximum atomic E-state index is 13.3. The second kappa shape index (κ2) is 11.8. The van der Waals surface area contributed by atoms with Gasteiger partial charge in [0.05, 0.1) is 19.1 Å². The number of ether oxygens (including phenoxy) is 2. The highest BCUT2D eigenvalue weighted by Gasteiger charge is 2.31. The number of nitrogens with one attached hydrogen (secondary N) is 2. The van der Waals surface area contributed by atoms with Gasteiger partial charge in [-0.05, 0) is 53.4 Å². The molecule has 9 nitrogen and oxygen atoms in total. The van der Waals surface area contributed by atoms with Crippen LogP contribution in [0.2, 0.25) is 0 Å². The van der Waals surface area contributed by atoms with Gasteiger partial charge in [0.1, 0.15) is 17.5 Å². The topological polar surface area (TPSA) is 114 Å². The first kappa shape index (κ1) is 27.4. The Morgan fingerprint density at radius 3 is 2.18 bits per heavy atom. The molecule has 3 aromatic rings. The molecule has 2 amide bonds. The van der Waals surface area contributed by atoms with Crippen LogP contribution in [-0.4, -0.2) is 63.9 Å². The zero-order chi connectivity index (χ0) is 27.3. The Morgan fingerprint density at radius 1 is 0.947 bits per heavy atom. The number of carbonyl (C=O) groups excluding carboxylic acids is 2. The van der Waals surface area contributed by atoms with E-state index in [-0.39, 0.29) is 42.3 Å². The quantitative estimate of drug-likeness (QED) is 0.432. The van der Waals surface area contributed by atoms with E-state index in [0.29, 0.717) is 24.3 Å². The van der Waals surface area contributed by atoms with Crippen molar-refractivity contribution in [2.75, 3.05) is 27.3 Å². The van der Waals surface area contributed by atoms with E-state index >= 15 is 0 Å². The lowest BCUT2D eigenvalue weighted by Crippen LogP contribution is -2.53. The standard InChI is InChI=1S/C28H33N3O6S/c1-19(32)29-27(16-20-14-24(36-2)18-25(15-20)37-3)28(33)30-23-10-12-31(13-11-23)38(34,35)26-9-8-21-6-4-5-7-22(21)17-26/h4-9,14-15,17-18,23,27H,10-13,16H2,1-3H3,(H,29,32)(H,30,33). The summed E-state index contributed by atoms with van der Waals surface area (Å²) < 4.78 is 38.6. The van der Waals surface area contributed by atoms with E-state index in [0.717, 1.165) is 16.3 Å². The molecule has 3 aromatic carbocycles. The zero-order valence-electron chi connectivity index (χ0n) is 21.8. The van der Waals surface area contributed by atoms with Gasteiger partial charge in [0.2, 0.25) is 21.8 Å². The highest BCUT2D eigenvalue weighted by Crippen LogP contribution is 2.25. The molecule has 0 aliphatic carbocycles. The number of hydrogen-bond acceptors (Lipinski definition) is 6. The second-order valence-corrected chi connectivity index (χ2v) is 11.3. The van der Waals surface area contributed by atoms with Crippen molar-refractivity contribution in [2.45, 2.75) is 43.2 Å². The summed E-state index contributed by atoms with van der Waals surface area (Å²) in [6.45, 7) is 1.94. The minimum Gasteiger partial charge on any atom is -0.497 e. The minimum atomic E-state index is -3.65. The first-order valence-electron chi connectivity index (χ1n) is 12.5. The van der Waals surface area contributed by atoms with Gasteiger partial charge >= 0.3 is 0 Å². The van der Waals surface area contributed by atoms with Gasteiger partial charge in [0, 0.05) is 38.5 Å². The van der Waals surface area contributed by atoms with Crippen molar-refractivity contribution in [3.05, 3.63) is 66.2 Å². The molecule has 1 unspecified atom stereocenters. The Hall–Kier alpha value is -3.63. The van der Waals surface area contributed by atoms with Crippen LogP contribution in [0.4, 0.5) is 0 Å². The van der Waals surface area contributed by atoms with Crippen molar-refractivity contribution in [3.63, 3.8) is 0 Å². The van der Waals surface area contributed by atoms with Crippen LogP contribution < -0.4 is 20.1 Å². The van der Waals surface area contributed by atoms with Crippen LogP contribution in [-0.2, 0) is 26.0 Å². The van der Waals surface area contributed by atoms with Crippen molar-refractivity contribution in [1.82, 2.24) is 14.9 Å². The molecule has 1 heterocycles. The van der Waals surface area contributed by atoms with Crippen LogP contribution in [0.1, 0.15) is 25.3 Å². The number of nitrogens with zero attached hydrogens (tertiary/aromatic N) is 1. The number of piperidine rings is 1. The highest BCUT2D eigenvalue weighted by molar-refractivity contribution is 7.89. The fourth-order valence-electron chi connectivity index (χ4n) is 4.69. The molecular weight excluding hydrogens is 506 g/mol. The molecule has 4 rings (SSSR count). The molecule has 2 N–H and O–H groups in total. The first-order chi connectivity index (χ1) is 18.2. The fourth-order valence-corrected chi connectivity index (χ4v) is 6.20. The number of carbonyl (C=O) groups is 2. The average Bonchev–Trinajstić information content (AvgIpc) is 2.92. The average molecular weight is 540 g/mol. The van der Waals surface area contributed by atoms with Crippen molar-refractivity contribution in [2.24, 2.45) is 0 Å². The van der Waals surface area contributed by atoms with Gasteiger partial charge in [-0.25, -0.2) is 8.42 Å². The van der Waals surface area contributed by atoms with Gasteiger partial charge in [-0.3, -0.25) is 9.59 Å². The molecule has 0 radical (unpaired) electrons. The minimum absolute atomic E-state index is 0.207. The van der Waals surface area contributed by atoms with E-state index in [2.05, 4.69) is 10.6 Å². The van der Waals surface area contributed by atoms with E-state index in [1.807, 2.05) is 30.3 Å². The Balaban J connectivity index is 1.40. The lowest BCUT2D eigenvalue weighted by Gasteiger charge is -2.32. The molecule has 1 saturated heterocycles. The van der Waals surface area contributed by atoms with Gasteiger partial charge in [-0.1, -0.05) is 30.3 Å². The maximum Gasteiger partial charge on any atom is 0.243 e. The van der Waals surface area contributed by atoms with Crippen LogP contribution in [0.5, 0.6) is 11.5 Å². The lowest BCUT2D eigenvalue weighted by molar-refractivity contribution is -0.128. The third-order valence-corrected chi connectivity index (χ3v) is 8.60. The van der Waals surface area contributed by atoms with E-state index in [4.69, 9.17) is 9.47 Å². The Labute approximate surface area is 223 Å². The summed E-state index contributed by atoms with van der Waals surface area (Å²) in [5.41, 5.74) is 0.770. The predicted octanol–water partition coefficient (Wildman–Crippen LogP) is 2.87. The molecule has 38 heavy (non-hydrogen) atoms. The predicted molar refractivity (Wildman–Crippen MR) is 145 cm³/mol. The molecular formula is C28H33N3O6S. The SMILES string of the molecule is COc1cc(CC(NC(C)=O)C(=O)NC2CCN(S(=O)(=O)c3ccc4ccccc4c3)CC2)cc(OC)c1. The second-order valence-electron chi connectivity index (χ2n) is 9.37. The summed E-state index contributed by atoms with van der Waals surface area (Å²) in [5.74, 6) is 0.525. The Bertz CT molecular complexity index is 1390. The summed E-state index contributed by atoms with van der Waals surface area (Å²) in [6, 6.07) is 17.1. The number of methoxy groups -OCH3 is 2. The third-order valence-electron chi connectivity index (χ3n) is 6.70. The molecule has 0 saturated carbocycles. The highest BCUT2D eigenvalue weighted by atomic mass is 32.2. The largest absolute Gasteiger partial charge is 0.497 e. The van der Waals surface area contributed by atoms with Crippen LogP contribution in [0.3, 0.4) is 0 Å². The first-order valence-corrected chi connectivity index (χ1v) is 13.9. The third kappa shape index (κ3) is 6.43. The molecule has 0 aromatic heterocycles. The van der Waals surface area contributed by atoms with Gasteiger partial charge in [-0.15, -0.1) is 0 Å². The number of rotatable bonds is 9. The summed E-state index contributed by atoms with van der Waals surface area (Å²) in [7, 11) is -0.562. The normalized spacial score (nSPS) is 15.6. The van der Waals surface area contributed by atoms with Crippen LogP contribution in [0, 0.1) is 0 Å². The summed E-state index contributed by atoms with van der Waals surface area (Å²) in [5, 5.41) is 7.57. The van der Waals surface area contributed by atoms with Crippen LogP contribution in [0.15, 0.2) is 65.6 Å². The van der Waals surface area contributed by atoms with Crippen molar-refractivity contribution in [1.29, 1.82) is 0 Å². The molecule has 10 heteroatoms. The molecule has 1 fully saturated rings. The van der Waals surface area contributed by atoms with E-state index < -0.39 is 16.1 Å².